The molecule has 0 radical (unpaired) electrons. The van der Waals surface area contributed by atoms with E-state index in [0.717, 1.165) is 25.1 Å². The highest BCUT2D eigenvalue weighted by molar-refractivity contribution is 5.86. The van der Waals surface area contributed by atoms with Crippen LogP contribution in [0.5, 0.6) is 0 Å². The average Bonchev–Trinajstić information content (AvgIpc) is 2.91. The Kier molecular flexibility index (Phi) is 4.84. The van der Waals surface area contributed by atoms with Crippen LogP contribution in [0.25, 0.3) is 0 Å². The van der Waals surface area contributed by atoms with E-state index in [-0.39, 0.29) is 24.9 Å². The summed E-state index contributed by atoms with van der Waals surface area (Å²) in [6.45, 7) is 0.445. The Hall–Kier alpha value is -1.90. The number of carbonyl (C=O) groups is 1. The van der Waals surface area contributed by atoms with Gasteiger partial charge in [0, 0.05) is 19.3 Å². The lowest BCUT2D eigenvalue weighted by atomic mass is 9.98. The summed E-state index contributed by atoms with van der Waals surface area (Å²) in [4.78, 5) is 19.0. The Bertz CT molecular complexity index is 529. The zero-order valence-corrected chi connectivity index (χ0v) is 11.9. The molecular weight excluding hydrogens is 299 g/mol. The topological polar surface area (TPSA) is 92.9 Å². The van der Waals surface area contributed by atoms with Gasteiger partial charge in [-0.05, 0) is 18.9 Å². The van der Waals surface area contributed by atoms with Crippen molar-refractivity contribution in [2.24, 2.45) is 5.73 Å². The minimum atomic E-state index is -4.51. The zero-order valence-electron chi connectivity index (χ0n) is 11.9. The van der Waals surface area contributed by atoms with Crippen molar-refractivity contribution in [1.82, 2.24) is 15.3 Å². The van der Waals surface area contributed by atoms with E-state index < -0.39 is 17.4 Å². The Morgan fingerprint density at radius 1 is 1.32 bits per heavy atom. The van der Waals surface area contributed by atoms with Crippen LogP contribution < -0.4 is 16.4 Å². The quantitative estimate of drug-likeness (QED) is 0.712. The number of nitrogens with zero attached hydrogens (tertiary/aromatic N) is 2. The maximum absolute atomic E-state index is 12.5. The molecule has 1 aliphatic rings. The number of rotatable bonds is 5. The van der Waals surface area contributed by atoms with Crippen LogP contribution in [0.15, 0.2) is 12.3 Å². The first-order valence-corrected chi connectivity index (χ1v) is 7.02. The van der Waals surface area contributed by atoms with E-state index in [0.29, 0.717) is 12.8 Å². The van der Waals surface area contributed by atoms with Crippen molar-refractivity contribution in [3.8, 4) is 0 Å². The van der Waals surface area contributed by atoms with E-state index in [1.165, 1.54) is 0 Å². The Morgan fingerprint density at radius 3 is 2.64 bits per heavy atom. The number of aromatic nitrogens is 2. The highest BCUT2D eigenvalue weighted by atomic mass is 19.4. The van der Waals surface area contributed by atoms with Crippen molar-refractivity contribution >= 4 is 11.9 Å². The molecule has 0 aromatic carbocycles. The molecule has 0 aliphatic heterocycles. The first-order chi connectivity index (χ1) is 10.3. The number of hydrogen-bond donors (Lipinski definition) is 3. The van der Waals surface area contributed by atoms with E-state index in [4.69, 9.17) is 5.73 Å². The van der Waals surface area contributed by atoms with Crippen molar-refractivity contribution in [2.45, 2.75) is 37.4 Å². The standard InChI is InChI=1S/C13H18F3N5O/c14-13(15,16)9-3-6-19-11(21-9)20-8-7-18-10(22)12(17)4-1-2-5-12/h3,6H,1-2,4-5,7-8,17H2,(H,18,22)(H,19,20,21). The number of nitrogens with two attached hydrogens (primary N) is 1. The second-order valence-corrected chi connectivity index (χ2v) is 5.31. The summed E-state index contributed by atoms with van der Waals surface area (Å²) in [7, 11) is 0. The number of carbonyl (C=O) groups excluding carboxylic acids is 1. The SMILES string of the molecule is NC1(C(=O)NCCNc2nccc(C(F)(F)F)n2)CCCC1. The summed E-state index contributed by atoms with van der Waals surface area (Å²) in [5.74, 6) is -0.357. The average molecular weight is 317 g/mol. The summed E-state index contributed by atoms with van der Waals surface area (Å²) < 4.78 is 37.5. The smallest absolute Gasteiger partial charge is 0.353 e. The van der Waals surface area contributed by atoms with Gasteiger partial charge in [0.05, 0.1) is 5.54 Å². The third-order valence-electron chi connectivity index (χ3n) is 3.59. The maximum atomic E-state index is 12.5. The Balaban J connectivity index is 1.78. The molecule has 1 aliphatic carbocycles. The van der Waals surface area contributed by atoms with Crippen molar-refractivity contribution in [2.75, 3.05) is 18.4 Å². The van der Waals surface area contributed by atoms with Gasteiger partial charge in [-0.15, -0.1) is 0 Å². The summed E-state index contributed by atoms with van der Waals surface area (Å²) >= 11 is 0. The molecule has 0 spiro atoms. The van der Waals surface area contributed by atoms with Gasteiger partial charge < -0.3 is 16.4 Å². The molecule has 4 N–H and O–H groups in total. The van der Waals surface area contributed by atoms with E-state index in [2.05, 4.69) is 20.6 Å². The van der Waals surface area contributed by atoms with Gasteiger partial charge in [0.2, 0.25) is 11.9 Å². The molecule has 9 heteroatoms. The van der Waals surface area contributed by atoms with E-state index >= 15 is 0 Å². The third kappa shape index (κ3) is 4.06. The predicted octanol–water partition coefficient (Wildman–Crippen LogP) is 1.29. The van der Waals surface area contributed by atoms with Gasteiger partial charge in [0.1, 0.15) is 5.69 Å². The molecule has 1 aromatic rings. The van der Waals surface area contributed by atoms with Gasteiger partial charge in [-0.1, -0.05) is 12.8 Å². The van der Waals surface area contributed by atoms with Crippen LogP contribution in [-0.2, 0) is 11.0 Å². The van der Waals surface area contributed by atoms with Gasteiger partial charge in [0.15, 0.2) is 0 Å². The van der Waals surface area contributed by atoms with Crippen LogP contribution >= 0.6 is 0 Å². The molecule has 1 heterocycles. The highest BCUT2D eigenvalue weighted by Gasteiger charge is 2.36. The fraction of sp³-hybridized carbons (Fsp3) is 0.615. The van der Waals surface area contributed by atoms with Crippen molar-refractivity contribution < 1.29 is 18.0 Å². The maximum Gasteiger partial charge on any atom is 0.433 e. The van der Waals surface area contributed by atoms with E-state index in [1.54, 1.807) is 0 Å². The lowest BCUT2D eigenvalue weighted by Gasteiger charge is -2.22. The lowest BCUT2D eigenvalue weighted by Crippen LogP contribution is -2.52. The van der Waals surface area contributed by atoms with Crippen LogP contribution in [0.2, 0.25) is 0 Å². The number of halogens is 3. The molecule has 0 unspecified atom stereocenters. The van der Waals surface area contributed by atoms with E-state index in [9.17, 15) is 18.0 Å². The van der Waals surface area contributed by atoms with Crippen molar-refractivity contribution in [1.29, 1.82) is 0 Å². The number of nitrogens with one attached hydrogen (secondary N) is 2. The predicted molar refractivity (Wildman–Crippen MR) is 73.9 cm³/mol. The molecule has 0 atom stereocenters. The van der Waals surface area contributed by atoms with E-state index in [1.807, 2.05) is 0 Å². The molecule has 122 valence electrons. The van der Waals surface area contributed by atoms with Crippen LogP contribution in [0.3, 0.4) is 0 Å². The van der Waals surface area contributed by atoms with Crippen LogP contribution in [-0.4, -0.2) is 34.5 Å². The molecule has 6 nitrogen and oxygen atoms in total. The van der Waals surface area contributed by atoms with Crippen molar-refractivity contribution in [3.63, 3.8) is 0 Å². The third-order valence-corrected chi connectivity index (χ3v) is 3.59. The Morgan fingerprint density at radius 2 is 2.00 bits per heavy atom. The number of alkyl halides is 3. The first kappa shape index (κ1) is 16.5. The summed E-state index contributed by atoms with van der Waals surface area (Å²) in [5, 5.41) is 5.31. The van der Waals surface area contributed by atoms with Crippen LogP contribution in [0.4, 0.5) is 19.1 Å². The molecule has 1 saturated carbocycles. The molecule has 0 bridgehead atoms. The second-order valence-electron chi connectivity index (χ2n) is 5.31. The highest BCUT2D eigenvalue weighted by Crippen LogP contribution is 2.28. The number of anilines is 1. The Labute approximate surface area is 125 Å². The molecule has 1 amide bonds. The van der Waals surface area contributed by atoms with Gasteiger partial charge in [0.25, 0.3) is 0 Å². The van der Waals surface area contributed by atoms with Crippen molar-refractivity contribution in [3.05, 3.63) is 18.0 Å². The monoisotopic (exact) mass is 317 g/mol. The van der Waals surface area contributed by atoms with Crippen LogP contribution in [0.1, 0.15) is 31.4 Å². The number of amides is 1. The van der Waals surface area contributed by atoms with Gasteiger partial charge in [-0.2, -0.15) is 13.2 Å². The first-order valence-electron chi connectivity index (χ1n) is 7.02. The molecule has 0 saturated heterocycles. The molecule has 1 fully saturated rings. The number of hydrogen-bond acceptors (Lipinski definition) is 5. The lowest BCUT2D eigenvalue weighted by molar-refractivity contribution is -0.141. The fourth-order valence-electron chi connectivity index (χ4n) is 2.36. The molecular formula is C13H18F3N5O. The van der Waals surface area contributed by atoms with Crippen LogP contribution in [0, 0.1) is 0 Å². The van der Waals surface area contributed by atoms with Gasteiger partial charge in [-0.3, -0.25) is 4.79 Å². The normalized spacial score (nSPS) is 17.3. The van der Waals surface area contributed by atoms with Gasteiger partial charge in [-0.25, -0.2) is 9.97 Å². The fourth-order valence-corrected chi connectivity index (χ4v) is 2.36. The minimum absolute atomic E-state index is 0.132. The second kappa shape index (κ2) is 6.47. The molecule has 1 aromatic heterocycles. The van der Waals surface area contributed by atoms with Gasteiger partial charge >= 0.3 is 6.18 Å². The summed E-state index contributed by atoms with van der Waals surface area (Å²) in [6.07, 6.45) is -0.307. The summed E-state index contributed by atoms with van der Waals surface area (Å²) in [5.41, 5.74) is 4.16. The molecule has 22 heavy (non-hydrogen) atoms. The largest absolute Gasteiger partial charge is 0.433 e. The zero-order chi connectivity index (χ0) is 16.2. The summed E-state index contributed by atoms with van der Waals surface area (Å²) in [6, 6.07) is 0.797. The molecule has 2 rings (SSSR count). The minimum Gasteiger partial charge on any atom is -0.353 e.